The Hall–Kier alpha value is -0.800. The third-order valence-electron chi connectivity index (χ3n) is 3.27. The minimum atomic E-state index is 0.0138. The molecule has 3 nitrogen and oxygen atoms in total. The summed E-state index contributed by atoms with van der Waals surface area (Å²) in [5, 5.41) is 3.91. The van der Waals surface area contributed by atoms with Gasteiger partial charge >= 0.3 is 0 Å². The molecule has 3 heterocycles. The molecule has 0 bridgehead atoms. The zero-order valence-corrected chi connectivity index (χ0v) is 9.18. The van der Waals surface area contributed by atoms with Gasteiger partial charge in [-0.15, -0.1) is 0 Å². The molecule has 80 valence electrons. The summed E-state index contributed by atoms with van der Waals surface area (Å²) in [5.74, 6) is 0.918. The Balaban J connectivity index is 1.90. The van der Waals surface area contributed by atoms with E-state index in [1.165, 1.54) is 5.56 Å². The second-order valence-corrected chi connectivity index (χ2v) is 4.71. The van der Waals surface area contributed by atoms with Crippen molar-refractivity contribution in [3.63, 3.8) is 0 Å². The summed E-state index contributed by atoms with van der Waals surface area (Å²) < 4.78 is 6.03. The highest BCUT2D eigenvalue weighted by Crippen LogP contribution is 2.40. The second-order valence-electron chi connectivity index (χ2n) is 4.33. The van der Waals surface area contributed by atoms with E-state index in [0.717, 1.165) is 38.1 Å². The van der Waals surface area contributed by atoms with Crippen molar-refractivity contribution in [3.8, 4) is 5.75 Å². The van der Waals surface area contributed by atoms with Crippen LogP contribution >= 0.6 is 11.6 Å². The molecule has 0 saturated carbocycles. The van der Waals surface area contributed by atoms with Gasteiger partial charge < -0.3 is 10.1 Å². The quantitative estimate of drug-likeness (QED) is 0.683. The van der Waals surface area contributed by atoms with Gasteiger partial charge in [0.15, 0.2) is 0 Å². The van der Waals surface area contributed by atoms with E-state index in [9.17, 15) is 0 Å². The highest BCUT2D eigenvalue weighted by atomic mass is 35.5. The normalized spacial score (nSPS) is 22.5. The van der Waals surface area contributed by atoms with Crippen LogP contribution in [0.1, 0.15) is 18.4 Å². The average Bonchev–Trinajstić information content (AvgIpc) is 2.56. The van der Waals surface area contributed by atoms with Gasteiger partial charge in [-0.1, -0.05) is 11.6 Å². The van der Waals surface area contributed by atoms with E-state index in [1.807, 2.05) is 6.07 Å². The largest absolute Gasteiger partial charge is 0.485 e. The first-order valence-corrected chi connectivity index (χ1v) is 5.69. The first kappa shape index (κ1) is 9.43. The van der Waals surface area contributed by atoms with Crippen molar-refractivity contribution < 1.29 is 4.74 Å². The lowest BCUT2D eigenvalue weighted by Gasteiger charge is -2.33. The highest BCUT2D eigenvalue weighted by Gasteiger charge is 2.40. The number of nitrogens with zero attached hydrogens (tertiary/aromatic N) is 1. The van der Waals surface area contributed by atoms with Crippen LogP contribution < -0.4 is 10.1 Å². The minimum absolute atomic E-state index is 0.0138. The third kappa shape index (κ3) is 1.60. The second kappa shape index (κ2) is 3.35. The highest BCUT2D eigenvalue weighted by molar-refractivity contribution is 6.29. The molecule has 2 aliphatic rings. The van der Waals surface area contributed by atoms with Crippen LogP contribution in [0.15, 0.2) is 12.3 Å². The Labute approximate surface area is 93.8 Å². The van der Waals surface area contributed by atoms with Crippen molar-refractivity contribution in [2.75, 3.05) is 13.1 Å². The Morgan fingerprint density at radius 3 is 3.00 bits per heavy atom. The molecule has 1 fully saturated rings. The van der Waals surface area contributed by atoms with Gasteiger partial charge in [-0.2, -0.15) is 0 Å². The number of rotatable bonds is 0. The standard InChI is InChI=1S/C11H13ClN2O/c12-10-5-8-6-11(1-3-13-4-2-11)15-9(8)7-14-10/h5,7,13H,1-4,6H2. The van der Waals surface area contributed by atoms with Crippen molar-refractivity contribution >= 4 is 11.6 Å². The van der Waals surface area contributed by atoms with Crippen LogP contribution in [-0.2, 0) is 6.42 Å². The van der Waals surface area contributed by atoms with E-state index in [-0.39, 0.29) is 5.60 Å². The predicted molar refractivity (Wildman–Crippen MR) is 58.4 cm³/mol. The zero-order valence-electron chi connectivity index (χ0n) is 8.42. The molecular formula is C11H13ClN2O. The molecule has 1 aromatic rings. The van der Waals surface area contributed by atoms with Crippen LogP contribution in [0.2, 0.25) is 5.15 Å². The van der Waals surface area contributed by atoms with Crippen LogP contribution in [0.5, 0.6) is 5.75 Å². The molecule has 0 atom stereocenters. The van der Waals surface area contributed by atoms with Crippen molar-refractivity contribution in [2.24, 2.45) is 0 Å². The Bertz CT molecular complexity index is 388. The van der Waals surface area contributed by atoms with Crippen molar-refractivity contribution in [1.29, 1.82) is 0 Å². The van der Waals surface area contributed by atoms with E-state index in [4.69, 9.17) is 16.3 Å². The molecule has 0 amide bonds. The van der Waals surface area contributed by atoms with Gasteiger partial charge in [-0.25, -0.2) is 4.98 Å². The Morgan fingerprint density at radius 1 is 1.40 bits per heavy atom. The molecule has 1 N–H and O–H groups in total. The fourth-order valence-electron chi connectivity index (χ4n) is 2.46. The van der Waals surface area contributed by atoms with Gasteiger partial charge in [0.05, 0.1) is 6.20 Å². The number of nitrogens with one attached hydrogen (secondary N) is 1. The van der Waals surface area contributed by atoms with E-state index in [1.54, 1.807) is 6.20 Å². The zero-order chi connectivity index (χ0) is 10.3. The number of halogens is 1. The summed E-state index contributed by atoms with van der Waals surface area (Å²) in [4.78, 5) is 4.05. The van der Waals surface area contributed by atoms with Gasteiger partial charge in [-0.05, 0) is 32.0 Å². The molecule has 1 aromatic heterocycles. The van der Waals surface area contributed by atoms with E-state index in [0.29, 0.717) is 5.15 Å². The summed E-state index contributed by atoms with van der Waals surface area (Å²) in [7, 11) is 0. The molecule has 2 aliphatic heterocycles. The molecule has 15 heavy (non-hydrogen) atoms. The number of fused-ring (bicyclic) bond motifs is 1. The number of aromatic nitrogens is 1. The van der Waals surface area contributed by atoms with Gasteiger partial charge in [-0.3, -0.25) is 0 Å². The molecule has 0 radical (unpaired) electrons. The number of ether oxygens (including phenoxy) is 1. The van der Waals surface area contributed by atoms with Gasteiger partial charge in [0, 0.05) is 12.0 Å². The molecular weight excluding hydrogens is 212 g/mol. The summed E-state index contributed by atoms with van der Waals surface area (Å²) in [6.07, 6.45) is 4.86. The molecule has 0 aliphatic carbocycles. The molecule has 3 rings (SSSR count). The van der Waals surface area contributed by atoms with Crippen molar-refractivity contribution in [1.82, 2.24) is 10.3 Å². The van der Waals surface area contributed by atoms with Gasteiger partial charge in [0.25, 0.3) is 0 Å². The van der Waals surface area contributed by atoms with Crippen LogP contribution in [0.25, 0.3) is 0 Å². The van der Waals surface area contributed by atoms with Gasteiger partial charge in [0.2, 0.25) is 0 Å². The van der Waals surface area contributed by atoms with Crippen LogP contribution in [0.4, 0.5) is 0 Å². The maximum absolute atomic E-state index is 6.03. The van der Waals surface area contributed by atoms with Crippen LogP contribution in [0.3, 0.4) is 0 Å². The molecule has 1 spiro atoms. The third-order valence-corrected chi connectivity index (χ3v) is 3.48. The van der Waals surface area contributed by atoms with Crippen LogP contribution in [0, 0.1) is 0 Å². The summed E-state index contributed by atoms with van der Waals surface area (Å²) >= 11 is 5.87. The van der Waals surface area contributed by atoms with Gasteiger partial charge in [0.1, 0.15) is 16.5 Å². The van der Waals surface area contributed by atoms with Crippen molar-refractivity contribution in [3.05, 3.63) is 23.0 Å². The molecule has 1 saturated heterocycles. The maximum Gasteiger partial charge on any atom is 0.141 e. The lowest BCUT2D eigenvalue weighted by Crippen LogP contribution is -2.45. The van der Waals surface area contributed by atoms with E-state index < -0.39 is 0 Å². The Morgan fingerprint density at radius 2 is 2.20 bits per heavy atom. The summed E-state index contributed by atoms with van der Waals surface area (Å²) in [5.41, 5.74) is 1.22. The number of piperidine rings is 1. The lowest BCUT2D eigenvalue weighted by atomic mass is 9.88. The number of pyridine rings is 1. The molecule has 0 unspecified atom stereocenters. The number of hydrogen-bond donors (Lipinski definition) is 1. The maximum atomic E-state index is 6.03. The van der Waals surface area contributed by atoms with E-state index >= 15 is 0 Å². The monoisotopic (exact) mass is 224 g/mol. The first-order valence-electron chi connectivity index (χ1n) is 5.32. The summed E-state index contributed by atoms with van der Waals surface area (Å²) in [6.45, 7) is 2.07. The summed E-state index contributed by atoms with van der Waals surface area (Å²) in [6, 6.07) is 1.92. The Kier molecular flexibility index (Phi) is 2.11. The number of hydrogen-bond acceptors (Lipinski definition) is 3. The average molecular weight is 225 g/mol. The topological polar surface area (TPSA) is 34.1 Å². The minimum Gasteiger partial charge on any atom is -0.485 e. The molecule has 4 heteroatoms. The van der Waals surface area contributed by atoms with E-state index in [2.05, 4.69) is 10.3 Å². The fourth-order valence-corrected chi connectivity index (χ4v) is 2.64. The molecule has 0 aromatic carbocycles. The smallest absolute Gasteiger partial charge is 0.141 e. The van der Waals surface area contributed by atoms with Crippen LogP contribution in [-0.4, -0.2) is 23.7 Å². The first-order chi connectivity index (χ1) is 7.27. The SMILES string of the molecule is Clc1cc2c(cn1)OC1(CCNCC1)C2. The fraction of sp³-hybridized carbons (Fsp3) is 0.545. The predicted octanol–water partition coefficient (Wildman–Crippen LogP) is 1.79. The lowest BCUT2D eigenvalue weighted by molar-refractivity contribution is 0.0597. The van der Waals surface area contributed by atoms with Crippen molar-refractivity contribution in [2.45, 2.75) is 24.9 Å².